The molecule has 0 radical (unpaired) electrons. The van der Waals surface area contributed by atoms with E-state index in [9.17, 15) is 0 Å². The van der Waals surface area contributed by atoms with Gasteiger partial charge in [-0.25, -0.2) is 0 Å². The largest absolute Gasteiger partial charge is 0.395 e. The molecule has 0 aliphatic rings. The predicted molar refractivity (Wildman–Crippen MR) is 67.0 cm³/mol. The molecule has 0 aliphatic heterocycles. The Labute approximate surface area is 99.0 Å². The van der Waals surface area contributed by atoms with Crippen molar-refractivity contribution in [3.63, 3.8) is 0 Å². The van der Waals surface area contributed by atoms with Gasteiger partial charge >= 0.3 is 0 Å². The second-order valence-corrected chi connectivity index (χ2v) is 4.15. The Morgan fingerprint density at radius 3 is 2.67 bits per heavy atom. The number of aliphatic hydroxyl groups is 1. The number of aliphatic hydroxyl groups excluding tert-OH is 1. The van der Waals surface area contributed by atoms with E-state index >= 15 is 0 Å². The van der Waals surface area contributed by atoms with Gasteiger partial charge in [0.1, 0.15) is 0 Å². The van der Waals surface area contributed by atoms with Gasteiger partial charge in [0, 0.05) is 24.1 Å². The first-order valence-corrected chi connectivity index (χ1v) is 5.86. The van der Waals surface area contributed by atoms with Gasteiger partial charge in [0.15, 0.2) is 0 Å². The number of nitrogens with two attached hydrogens (primary N) is 1. The van der Waals surface area contributed by atoms with E-state index in [1.807, 2.05) is 18.2 Å². The van der Waals surface area contributed by atoms with Gasteiger partial charge in [0.2, 0.25) is 0 Å². The van der Waals surface area contributed by atoms with Crippen LogP contribution in [0.1, 0.15) is 12.5 Å². The minimum atomic E-state index is 0.166. The van der Waals surface area contributed by atoms with E-state index in [-0.39, 0.29) is 6.61 Å². The highest BCUT2D eigenvalue weighted by molar-refractivity contribution is 9.10. The molecule has 4 heteroatoms. The summed E-state index contributed by atoms with van der Waals surface area (Å²) < 4.78 is 1.03. The van der Waals surface area contributed by atoms with Gasteiger partial charge in [-0.1, -0.05) is 6.07 Å². The number of anilines is 1. The highest BCUT2D eigenvalue weighted by Gasteiger charge is 2.07. The van der Waals surface area contributed by atoms with Crippen LogP contribution in [0.2, 0.25) is 0 Å². The predicted octanol–water partition coefficient (Wildman–Crippen LogP) is 1.73. The lowest BCUT2D eigenvalue weighted by Gasteiger charge is -2.23. The molecule has 0 atom stereocenters. The summed E-state index contributed by atoms with van der Waals surface area (Å²) in [6.07, 6.45) is 0. The van der Waals surface area contributed by atoms with Crippen LogP contribution in [0.25, 0.3) is 0 Å². The van der Waals surface area contributed by atoms with E-state index in [1.165, 1.54) is 0 Å². The Hall–Kier alpha value is -0.580. The van der Waals surface area contributed by atoms with Gasteiger partial charge in [-0.2, -0.15) is 0 Å². The number of likely N-dealkylation sites (N-methyl/N-ethyl adjacent to an activating group) is 1. The summed E-state index contributed by atoms with van der Waals surface area (Å²) in [5, 5.41) is 8.94. The molecule has 3 N–H and O–H groups in total. The zero-order valence-corrected chi connectivity index (χ0v) is 10.5. The second-order valence-electron chi connectivity index (χ2n) is 3.29. The monoisotopic (exact) mass is 272 g/mol. The fraction of sp³-hybridized carbons (Fsp3) is 0.455. The molecule has 1 aromatic rings. The molecule has 0 spiro atoms. The summed E-state index contributed by atoms with van der Waals surface area (Å²) in [6, 6.07) is 6.07. The number of benzene rings is 1. The number of hydrogen-bond acceptors (Lipinski definition) is 3. The lowest BCUT2D eigenvalue weighted by atomic mass is 10.2. The Morgan fingerprint density at radius 2 is 2.20 bits per heavy atom. The molecule has 0 aliphatic carbocycles. The standard InChI is InChI=1S/C11H17BrN2O/c1-2-14(5-6-15)11-4-3-9(8-13)7-10(11)12/h3-4,7,15H,2,5-6,8,13H2,1H3. The van der Waals surface area contributed by atoms with Crippen LogP contribution in [0.5, 0.6) is 0 Å². The summed E-state index contributed by atoms with van der Waals surface area (Å²) in [5.74, 6) is 0. The van der Waals surface area contributed by atoms with E-state index < -0.39 is 0 Å². The third-order valence-electron chi connectivity index (χ3n) is 2.34. The molecule has 1 rings (SSSR count). The van der Waals surface area contributed by atoms with Crippen LogP contribution in [0.4, 0.5) is 5.69 Å². The average molecular weight is 273 g/mol. The van der Waals surface area contributed by atoms with Crippen LogP contribution in [0.15, 0.2) is 22.7 Å². The first kappa shape index (κ1) is 12.5. The van der Waals surface area contributed by atoms with E-state index in [0.29, 0.717) is 13.1 Å². The van der Waals surface area contributed by atoms with Crippen LogP contribution in [-0.2, 0) is 6.54 Å². The van der Waals surface area contributed by atoms with E-state index in [4.69, 9.17) is 10.8 Å². The van der Waals surface area contributed by atoms with Crippen molar-refractivity contribution in [2.75, 3.05) is 24.6 Å². The van der Waals surface area contributed by atoms with Crippen LogP contribution in [0.3, 0.4) is 0 Å². The van der Waals surface area contributed by atoms with E-state index in [2.05, 4.69) is 27.8 Å². The summed E-state index contributed by atoms with van der Waals surface area (Å²) in [5.41, 5.74) is 7.76. The first-order chi connectivity index (χ1) is 7.22. The fourth-order valence-corrected chi connectivity index (χ4v) is 2.18. The molecule has 0 saturated carbocycles. The molecule has 84 valence electrons. The molecule has 0 saturated heterocycles. The summed E-state index contributed by atoms with van der Waals surface area (Å²) >= 11 is 3.52. The van der Waals surface area contributed by atoms with Crippen molar-refractivity contribution in [2.24, 2.45) is 5.73 Å². The van der Waals surface area contributed by atoms with Crippen LogP contribution < -0.4 is 10.6 Å². The average Bonchev–Trinajstić information content (AvgIpc) is 2.26. The molecule has 1 aromatic carbocycles. The fourth-order valence-electron chi connectivity index (χ4n) is 1.50. The van der Waals surface area contributed by atoms with Gasteiger partial charge in [-0.15, -0.1) is 0 Å². The molecular weight excluding hydrogens is 256 g/mol. The third-order valence-corrected chi connectivity index (χ3v) is 2.98. The number of hydrogen-bond donors (Lipinski definition) is 2. The molecule has 15 heavy (non-hydrogen) atoms. The zero-order chi connectivity index (χ0) is 11.3. The molecule has 0 fully saturated rings. The number of rotatable bonds is 5. The maximum absolute atomic E-state index is 8.94. The second kappa shape index (κ2) is 6.10. The SMILES string of the molecule is CCN(CCO)c1ccc(CN)cc1Br. The highest BCUT2D eigenvalue weighted by atomic mass is 79.9. The number of halogens is 1. The maximum atomic E-state index is 8.94. The van der Waals surface area contributed by atoms with Gasteiger partial charge < -0.3 is 15.7 Å². The summed E-state index contributed by atoms with van der Waals surface area (Å²) in [7, 11) is 0. The van der Waals surface area contributed by atoms with Crippen molar-refractivity contribution < 1.29 is 5.11 Å². The normalized spacial score (nSPS) is 10.4. The van der Waals surface area contributed by atoms with Gasteiger partial charge in [0.25, 0.3) is 0 Å². The highest BCUT2D eigenvalue weighted by Crippen LogP contribution is 2.27. The van der Waals surface area contributed by atoms with Gasteiger partial charge in [-0.3, -0.25) is 0 Å². The van der Waals surface area contributed by atoms with Crippen molar-refractivity contribution in [1.82, 2.24) is 0 Å². The Kier molecular flexibility index (Phi) is 5.08. The van der Waals surface area contributed by atoms with E-state index in [0.717, 1.165) is 22.3 Å². The molecule has 0 unspecified atom stereocenters. The maximum Gasteiger partial charge on any atom is 0.0606 e. The molecule has 3 nitrogen and oxygen atoms in total. The topological polar surface area (TPSA) is 49.5 Å². The molecular formula is C11H17BrN2O. The summed E-state index contributed by atoms with van der Waals surface area (Å²) in [4.78, 5) is 2.12. The Balaban J connectivity index is 2.92. The molecule has 0 aromatic heterocycles. The van der Waals surface area contributed by atoms with Gasteiger partial charge in [-0.05, 0) is 40.5 Å². The molecule has 0 heterocycles. The van der Waals surface area contributed by atoms with Crippen molar-refractivity contribution in [2.45, 2.75) is 13.5 Å². The summed E-state index contributed by atoms with van der Waals surface area (Å²) in [6.45, 7) is 4.31. The lowest BCUT2D eigenvalue weighted by Crippen LogP contribution is -2.26. The Bertz CT molecular complexity index is 317. The first-order valence-electron chi connectivity index (χ1n) is 5.07. The number of nitrogens with zero attached hydrogens (tertiary/aromatic N) is 1. The lowest BCUT2D eigenvalue weighted by molar-refractivity contribution is 0.302. The smallest absolute Gasteiger partial charge is 0.0606 e. The Morgan fingerprint density at radius 1 is 1.47 bits per heavy atom. The minimum absolute atomic E-state index is 0.166. The molecule has 0 bridgehead atoms. The van der Waals surface area contributed by atoms with Crippen molar-refractivity contribution in [3.05, 3.63) is 28.2 Å². The molecule has 0 amide bonds. The van der Waals surface area contributed by atoms with Crippen molar-refractivity contribution >= 4 is 21.6 Å². The quantitative estimate of drug-likeness (QED) is 0.859. The minimum Gasteiger partial charge on any atom is -0.395 e. The zero-order valence-electron chi connectivity index (χ0n) is 8.91. The van der Waals surface area contributed by atoms with Crippen LogP contribution >= 0.6 is 15.9 Å². The van der Waals surface area contributed by atoms with Crippen LogP contribution in [0, 0.1) is 0 Å². The van der Waals surface area contributed by atoms with Crippen molar-refractivity contribution in [1.29, 1.82) is 0 Å². The van der Waals surface area contributed by atoms with Crippen molar-refractivity contribution in [3.8, 4) is 0 Å². The third kappa shape index (κ3) is 3.19. The van der Waals surface area contributed by atoms with Crippen LogP contribution in [-0.4, -0.2) is 24.8 Å². The van der Waals surface area contributed by atoms with Gasteiger partial charge in [0.05, 0.1) is 12.3 Å². The van der Waals surface area contributed by atoms with E-state index in [1.54, 1.807) is 0 Å².